The molecule has 4 aromatic heterocycles. The van der Waals surface area contributed by atoms with Crippen LogP contribution in [0.5, 0.6) is 0 Å². The van der Waals surface area contributed by atoms with Gasteiger partial charge in [0.1, 0.15) is 40.8 Å². The molecule has 0 saturated carbocycles. The molecule has 2 atom stereocenters. The van der Waals surface area contributed by atoms with E-state index in [0.29, 0.717) is 55.7 Å². The molecule has 0 aromatic carbocycles. The van der Waals surface area contributed by atoms with Crippen LogP contribution in [-0.4, -0.2) is 133 Å². The monoisotopic (exact) mass is 965 g/mol. The van der Waals surface area contributed by atoms with Crippen molar-refractivity contribution < 1.29 is 42.9 Å². The Morgan fingerprint density at radius 3 is 1.63 bits per heavy atom. The average Bonchev–Trinajstić information content (AvgIpc) is 3.88. The van der Waals surface area contributed by atoms with Crippen molar-refractivity contribution in [3.05, 3.63) is 48.0 Å². The molecule has 2 unspecified atom stereocenters. The highest BCUT2D eigenvalue weighted by Crippen LogP contribution is 2.32. The van der Waals surface area contributed by atoms with Crippen molar-refractivity contribution in [2.45, 2.75) is 169 Å². The lowest BCUT2D eigenvalue weighted by molar-refractivity contribution is 0.0187. The molecule has 1 N–H and O–H groups in total. The van der Waals surface area contributed by atoms with Crippen molar-refractivity contribution in [3.8, 4) is 0 Å². The first-order valence-corrected chi connectivity index (χ1v) is 27.4. The van der Waals surface area contributed by atoms with Crippen LogP contribution < -0.4 is 10.2 Å². The van der Waals surface area contributed by atoms with Gasteiger partial charge in [0.05, 0.1) is 23.8 Å². The number of anilines is 2. The Labute approximate surface area is 402 Å². The minimum atomic E-state index is -1.30. The molecule has 2 aliphatic heterocycles. The fraction of sp³-hybridized carbons (Fsp3) is 0.667. The number of rotatable bonds is 9. The van der Waals surface area contributed by atoms with Crippen molar-refractivity contribution in [1.29, 1.82) is 0 Å². The number of likely N-dealkylation sites (tertiary alicyclic amines) is 2. The number of nitrogens with one attached hydrogen (secondary N) is 1. The van der Waals surface area contributed by atoms with Gasteiger partial charge in [-0.15, -0.1) is 0 Å². The largest absolute Gasteiger partial charge is 0.444 e. The average molecular weight is 965 g/mol. The lowest BCUT2D eigenvalue weighted by atomic mass is 9.94. The fourth-order valence-corrected chi connectivity index (χ4v) is 8.20. The lowest BCUT2D eigenvalue weighted by Crippen LogP contribution is -2.42. The number of carbonyl (C=O) groups excluding carboxylic acids is 4. The summed E-state index contributed by atoms with van der Waals surface area (Å²) in [6, 6.07) is 8.23. The minimum absolute atomic E-state index is 0.0109. The van der Waals surface area contributed by atoms with Gasteiger partial charge in [0, 0.05) is 77.0 Å². The van der Waals surface area contributed by atoms with E-state index in [4.69, 9.17) is 33.7 Å². The Morgan fingerprint density at radius 2 is 1.15 bits per heavy atom. The molecule has 2 saturated heterocycles. The van der Waals surface area contributed by atoms with Gasteiger partial charge in [0.25, 0.3) is 0 Å². The number of nitrogens with zero attached hydrogens (tertiary/aromatic N) is 9. The number of hydrogen-bond acceptors (Lipinski definition) is 13. The summed E-state index contributed by atoms with van der Waals surface area (Å²) in [5.74, 6) is 1.02. The van der Waals surface area contributed by atoms with E-state index < -0.39 is 42.7 Å². The summed E-state index contributed by atoms with van der Waals surface area (Å²) < 4.78 is 31.4. The van der Waals surface area contributed by atoms with Crippen molar-refractivity contribution in [2.24, 2.45) is 0 Å². The summed E-state index contributed by atoms with van der Waals surface area (Å²) in [7, 11) is -1.30. The smallest absolute Gasteiger partial charge is 0.417 e. The molecule has 4 amide bonds. The fourth-order valence-electron chi connectivity index (χ4n) is 7.44. The topological polar surface area (TPSA) is 197 Å². The Morgan fingerprint density at radius 1 is 0.676 bits per heavy atom. The van der Waals surface area contributed by atoms with E-state index in [2.05, 4.69) is 35.2 Å². The molecule has 4 aromatic rings. The number of aromatic nitrogens is 6. The predicted molar refractivity (Wildman–Crippen MR) is 263 cm³/mol. The van der Waals surface area contributed by atoms with E-state index in [0.717, 1.165) is 43.1 Å². The van der Waals surface area contributed by atoms with Gasteiger partial charge >= 0.3 is 24.4 Å². The van der Waals surface area contributed by atoms with Crippen LogP contribution in [-0.2, 0) is 23.7 Å². The highest BCUT2D eigenvalue weighted by molar-refractivity contribution is 6.76. The van der Waals surface area contributed by atoms with Crippen LogP contribution in [0.3, 0.4) is 0 Å². The normalized spacial score (nSPS) is 17.3. The summed E-state index contributed by atoms with van der Waals surface area (Å²) >= 11 is 0. The molecule has 6 heterocycles. The maximum atomic E-state index is 13.4. The van der Waals surface area contributed by atoms with Crippen LogP contribution in [0.15, 0.2) is 36.7 Å². The highest BCUT2D eigenvalue weighted by atomic mass is 28.3. The van der Waals surface area contributed by atoms with E-state index in [1.807, 2.05) is 68.4 Å². The molecule has 0 radical (unpaired) electrons. The van der Waals surface area contributed by atoms with E-state index in [1.54, 1.807) is 70.2 Å². The van der Waals surface area contributed by atoms with Gasteiger partial charge in [-0.2, -0.15) is 19.2 Å². The highest BCUT2D eigenvalue weighted by Gasteiger charge is 2.33. The van der Waals surface area contributed by atoms with Gasteiger partial charge in [0.15, 0.2) is 11.3 Å². The van der Waals surface area contributed by atoms with Crippen LogP contribution in [0.4, 0.5) is 30.8 Å². The van der Waals surface area contributed by atoms with Crippen molar-refractivity contribution >= 4 is 55.4 Å². The minimum Gasteiger partial charge on any atom is -0.444 e. The predicted octanol–water partition coefficient (Wildman–Crippen LogP) is 10.1. The molecule has 0 bridgehead atoms. The van der Waals surface area contributed by atoms with Gasteiger partial charge in [-0.3, -0.25) is 5.32 Å². The summed E-state index contributed by atoms with van der Waals surface area (Å²) in [4.78, 5) is 65.4. The number of carbonyl (C=O) groups is 4. The standard InChI is InChI=1S/C27H45N5O5Si.C21H31N5O4/c1-26(2,3)36-24(33)30-14-10-11-20(18-30)21-17-23(32-22(29-21)12-13-28-32)31(25(34)37-27(4,5)6)19-35-15-16-38(7,8)9;1-20(2,3)29-18(27)24-17-12-15(23-16-9-10-22-26(16)17)14-8-7-11-25(13-14)19(28)30-21(4,5)6/h12-13,17,20H,10-11,14-16,18-19H2,1-9H3;9-10,12,14H,7-8,11,13H2,1-6H3,(H,24,27). The number of hydrogen-bond donors (Lipinski definition) is 1. The first kappa shape index (κ1) is 53.5. The number of ether oxygens (including phenoxy) is 5. The maximum absolute atomic E-state index is 13.4. The third-order valence-corrected chi connectivity index (χ3v) is 12.2. The second-order valence-electron chi connectivity index (χ2n) is 22.7. The number of fused-ring (bicyclic) bond motifs is 2. The molecule has 0 spiro atoms. The molecule has 20 heteroatoms. The van der Waals surface area contributed by atoms with Crippen molar-refractivity contribution in [1.82, 2.24) is 39.0 Å². The van der Waals surface area contributed by atoms with Crippen LogP contribution in [0, 0.1) is 0 Å². The van der Waals surface area contributed by atoms with E-state index in [-0.39, 0.29) is 30.8 Å². The van der Waals surface area contributed by atoms with Crippen molar-refractivity contribution in [2.75, 3.05) is 49.7 Å². The third kappa shape index (κ3) is 16.3. The second-order valence-corrected chi connectivity index (χ2v) is 28.3. The third-order valence-electron chi connectivity index (χ3n) is 10.5. The maximum Gasteiger partial charge on any atom is 0.417 e. The molecule has 2 aliphatic rings. The van der Waals surface area contributed by atoms with Crippen LogP contribution in [0.2, 0.25) is 25.7 Å². The SMILES string of the molecule is CC(C)(C)OC(=O)N1CCCC(c2cc(N(COCC[Si](C)(C)C)C(=O)OC(C)(C)C)n3nccc3n2)C1.CC(C)(C)OC(=O)Nc1cc(C2CCCN(C(=O)OC(C)(C)C)C2)nc2ccnn12. The van der Waals surface area contributed by atoms with Gasteiger partial charge < -0.3 is 33.5 Å². The lowest BCUT2D eigenvalue weighted by Gasteiger charge is -2.34. The Bertz CT molecular complexity index is 2370. The summed E-state index contributed by atoms with van der Waals surface area (Å²) in [5, 5.41) is 11.4. The molecule has 19 nitrogen and oxygen atoms in total. The Balaban J connectivity index is 0.000000261. The van der Waals surface area contributed by atoms with Gasteiger partial charge in [-0.1, -0.05) is 19.6 Å². The quantitative estimate of drug-likeness (QED) is 0.0721. The zero-order valence-electron chi connectivity index (χ0n) is 43.1. The molecule has 2 fully saturated rings. The van der Waals surface area contributed by atoms with E-state index in [1.165, 1.54) is 4.90 Å². The van der Waals surface area contributed by atoms with E-state index in [9.17, 15) is 19.2 Å². The number of piperidine rings is 2. The molecule has 376 valence electrons. The molecular formula is C48H76N10O9Si. The summed E-state index contributed by atoms with van der Waals surface area (Å²) in [6.07, 6.45) is 5.02. The molecule has 6 rings (SSSR count). The summed E-state index contributed by atoms with van der Waals surface area (Å²) in [5.41, 5.74) is 0.429. The zero-order chi connectivity index (χ0) is 50.4. The molecule has 0 aliphatic carbocycles. The van der Waals surface area contributed by atoms with Crippen LogP contribution >= 0.6 is 0 Å². The van der Waals surface area contributed by atoms with Gasteiger partial charge in [-0.25, -0.2) is 34.0 Å². The molecular weight excluding hydrogens is 889 g/mol. The van der Waals surface area contributed by atoms with Crippen LogP contribution in [0.1, 0.15) is 132 Å². The first-order valence-electron chi connectivity index (χ1n) is 23.7. The van der Waals surface area contributed by atoms with Crippen LogP contribution in [0.25, 0.3) is 11.3 Å². The number of amides is 4. The van der Waals surface area contributed by atoms with Crippen molar-refractivity contribution in [3.63, 3.8) is 0 Å². The van der Waals surface area contributed by atoms with Gasteiger partial charge in [0.2, 0.25) is 0 Å². The van der Waals surface area contributed by atoms with E-state index >= 15 is 0 Å². The second kappa shape index (κ2) is 21.4. The Kier molecular flexibility index (Phi) is 16.8. The Hall–Kier alpha value is -5.50. The summed E-state index contributed by atoms with van der Waals surface area (Å²) in [6.45, 7) is 31.9. The first-order chi connectivity index (χ1) is 31.4. The molecule has 68 heavy (non-hydrogen) atoms. The zero-order valence-corrected chi connectivity index (χ0v) is 44.1. The van der Waals surface area contributed by atoms with Gasteiger partial charge in [-0.05, 0) is 115 Å².